The van der Waals surface area contributed by atoms with E-state index in [-0.39, 0.29) is 47.8 Å². The van der Waals surface area contributed by atoms with E-state index in [0.29, 0.717) is 16.9 Å². The normalized spacial score (nSPS) is 11.9. The molecule has 0 aliphatic heterocycles. The van der Waals surface area contributed by atoms with Crippen molar-refractivity contribution in [3.63, 3.8) is 0 Å². The maximum Gasteiger partial charge on any atom is 0.348 e. The van der Waals surface area contributed by atoms with Crippen LogP contribution in [0.3, 0.4) is 0 Å². The number of methoxy groups -OCH3 is 1. The van der Waals surface area contributed by atoms with Crippen LogP contribution in [0.4, 0.5) is 4.39 Å². The molecule has 9 nitrogen and oxygen atoms in total. The number of rotatable bonds is 10. The minimum atomic E-state index is -0.883. The molecule has 1 aromatic carbocycles. The molecule has 0 aliphatic carbocycles. The van der Waals surface area contributed by atoms with Gasteiger partial charge in [0.2, 0.25) is 0 Å². The Morgan fingerprint density at radius 2 is 2.00 bits per heavy atom. The average Bonchev–Trinajstić information content (AvgIpc) is 3.18. The van der Waals surface area contributed by atoms with Gasteiger partial charge in [-0.2, -0.15) is 5.26 Å². The number of ether oxygens (including phenoxy) is 3. The average molecular weight is 504 g/mol. The van der Waals surface area contributed by atoms with Crippen LogP contribution in [0, 0.1) is 24.1 Å². The first-order valence-electron chi connectivity index (χ1n) is 11.0. The Labute approximate surface area is 204 Å². The molecule has 0 bridgehead atoms. The topological polar surface area (TPSA) is 113 Å². The number of thiophene rings is 1. The predicted octanol–water partition coefficient (Wildman–Crippen LogP) is 3.55. The SMILES string of the molecule is CCOC(=O)c1sc2c(c1C)c(=O)n(CC)c(=O)n2C[C@H](OCCC#N)c1cc(F)ccc1OC. The van der Waals surface area contributed by atoms with E-state index in [9.17, 15) is 18.8 Å². The molecule has 1 atom stereocenters. The van der Waals surface area contributed by atoms with Crippen LogP contribution >= 0.6 is 11.3 Å². The van der Waals surface area contributed by atoms with Crippen molar-refractivity contribution in [3.8, 4) is 11.8 Å². The van der Waals surface area contributed by atoms with Crippen molar-refractivity contribution < 1.29 is 23.4 Å². The molecule has 186 valence electrons. The number of hydrogen-bond acceptors (Lipinski definition) is 8. The molecule has 0 fully saturated rings. The van der Waals surface area contributed by atoms with E-state index in [1.165, 1.54) is 29.9 Å². The molecule has 2 aromatic heterocycles. The summed E-state index contributed by atoms with van der Waals surface area (Å²) in [4.78, 5) is 39.5. The third-order valence-corrected chi connectivity index (χ3v) is 6.79. The van der Waals surface area contributed by atoms with Crippen LogP contribution in [0.2, 0.25) is 0 Å². The van der Waals surface area contributed by atoms with Gasteiger partial charge in [0.15, 0.2) is 0 Å². The van der Waals surface area contributed by atoms with Crippen LogP contribution < -0.4 is 16.0 Å². The molecule has 3 rings (SSSR count). The van der Waals surface area contributed by atoms with Crippen molar-refractivity contribution >= 4 is 27.5 Å². The van der Waals surface area contributed by atoms with Crippen molar-refractivity contribution in [3.05, 3.63) is 60.9 Å². The summed E-state index contributed by atoms with van der Waals surface area (Å²) < 4.78 is 33.0. The molecule has 0 spiro atoms. The van der Waals surface area contributed by atoms with Crippen LogP contribution in [0.25, 0.3) is 10.2 Å². The minimum Gasteiger partial charge on any atom is -0.496 e. The second kappa shape index (κ2) is 11.3. The smallest absolute Gasteiger partial charge is 0.348 e. The highest BCUT2D eigenvalue weighted by molar-refractivity contribution is 7.20. The van der Waals surface area contributed by atoms with E-state index in [1.54, 1.807) is 20.8 Å². The molecular weight excluding hydrogens is 477 g/mol. The van der Waals surface area contributed by atoms with Gasteiger partial charge in [-0.25, -0.2) is 14.0 Å². The number of benzene rings is 1. The van der Waals surface area contributed by atoms with Gasteiger partial charge in [0.1, 0.15) is 27.4 Å². The summed E-state index contributed by atoms with van der Waals surface area (Å²) in [6.45, 7) is 5.18. The van der Waals surface area contributed by atoms with Crippen LogP contribution in [0.5, 0.6) is 5.75 Å². The zero-order valence-corrected chi connectivity index (χ0v) is 20.7. The van der Waals surface area contributed by atoms with Crippen LogP contribution in [-0.4, -0.2) is 35.4 Å². The van der Waals surface area contributed by atoms with Gasteiger partial charge >= 0.3 is 11.7 Å². The second-order valence-electron chi connectivity index (χ2n) is 7.55. The number of fused-ring (bicyclic) bond motifs is 1. The quantitative estimate of drug-likeness (QED) is 0.307. The number of halogens is 1. The summed E-state index contributed by atoms with van der Waals surface area (Å²) in [6, 6.07) is 5.92. The van der Waals surface area contributed by atoms with Gasteiger partial charge in [0, 0.05) is 12.1 Å². The zero-order valence-electron chi connectivity index (χ0n) is 19.9. The number of esters is 1. The minimum absolute atomic E-state index is 0.0314. The lowest BCUT2D eigenvalue weighted by Crippen LogP contribution is -2.40. The molecule has 2 heterocycles. The number of nitrogens with zero attached hydrogens (tertiary/aromatic N) is 3. The predicted molar refractivity (Wildman–Crippen MR) is 129 cm³/mol. The Bertz CT molecular complexity index is 1400. The maximum atomic E-state index is 14.2. The molecular formula is C24H26FN3O6S. The maximum absolute atomic E-state index is 14.2. The van der Waals surface area contributed by atoms with Gasteiger partial charge in [0.05, 0.1) is 44.7 Å². The zero-order chi connectivity index (χ0) is 25.7. The van der Waals surface area contributed by atoms with Crippen molar-refractivity contribution in [1.82, 2.24) is 9.13 Å². The fraction of sp³-hybridized carbons (Fsp3) is 0.417. The summed E-state index contributed by atoms with van der Waals surface area (Å²) in [5.41, 5.74) is -0.322. The first-order chi connectivity index (χ1) is 16.8. The largest absolute Gasteiger partial charge is 0.496 e. The molecule has 3 aromatic rings. The Kier molecular flexibility index (Phi) is 8.43. The van der Waals surface area contributed by atoms with E-state index in [1.807, 2.05) is 6.07 Å². The van der Waals surface area contributed by atoms with Gasteiger partial charge in [-0.1, -0.05) is 0 Å². The van der Waals surface area contributed by atoms with E-state index in [2.05, 4.69) is 0 Å². The highest BCUT2D eigenvalue weighted by Crippen LogP contribution is 2.33. The lowest BCUT2D eigenvalue weighted by atomic mass is 10.1. The molecule has 35 heavy (non-hydrogen) atoms. The van der Waals surface area contributed by atoms with Gasteiger partial charge < -0.3 is 14.2 Å². The van der Waals surface area contributed by atoms with Gasteiger partial charge in [-0.05, 0) is 44.5 Å². The van der Waals surface area contributed by atoms with Crippen molar-refractivity contribution in [2.24, 2.45) is 0 Å². The molecule has 0 saturated heterocycles. The van der Waals surface area contributed by atoms with Crippen molar-refractivity contribution in [1.29, 1.82) is 5.26 Å². The number of hydrogen-bond donors (Lipinski definition) is 0. The third kappa shape index (κ3) is 5.13. The molecule has 0 amide bonds. The standard InChI is InChI=1S/C24H26FN3O6S/c1-5-27-21(29)19-14(3)20(23(30)33-6-2)35-22(19)28(24(27)31)13-18(34-11-7-10-26)16-12-15(25)8-9-17(16)32-4/h8-9,12,18H,5-7,11,13H2,1-4H3/t18-/m0/s1. The highest BCUT2D eigenvalue weighted by Gasteiger charge is 2.26. The summed E-state index contributed by atoms with van der Waals surface area (Å²) in [7, 11) is 1.43. The number of aryl methyl sites for hydroxylation is 1. The fourth-order valence-corrected chi connectivity index (χ4v) is 5.03. The fourth-order valence-electron chi connectivity index (χ4n) is 3.84. The van der Waals surface area contributed by atoms with Crippen LogP contribution in [0.15, 0.2) is 27.8 Å². The molecule has 0 N–H and O–H groups in total. The van der Waals surface area contributed by atoms with E-state index >= 15 is 0 Å². The highest BCUT2D eigenvalue weighted by atomic mass is 32.1. The Balaban J connectivity index is 2.26. The lowest BCUT2D eigenvalue weighted by molar-refractivity contribution is 0.0421. The molecule has 11 heteroatoms. The summed E-state index contributed by atoms with van der Waals surface area (Å²) >= 11 is 0.987. The first kappa shape index (κ1) is 26.1. The Morgan fingerprint density at radius 3 is 2.63 bits per heavy atom. The van der Waals surface area contributed by atoms with E-state index < -0.39 is 29.1 Å². The van der Waals surface area contributed by atoms with Gasteiger partial charge in [0.25, 0.3) is 5.56 Å². The summed E-state index contributed by atoms with van der Waals surface area (Å²) in [5, 5.41) is 9.19. The Morgan fingerprint density at radius 1 is 1.26 bits per heavy atom. The number of carbonyl (C=O) groups is 1. The second-order valence-corrected chi connectivity index (χ2v) is 8.55. The molecule has 0 saturated carbocycles. The molecule has 0 aliphatic rings. The van der Waals surface area contributed by atoms with E-state index in [4.69, 9.17) is 19.5 Å². The first-order valence-corrected chi connectivity index (χ1v) is 11.9. The van der Waals surface area contributed by atoms with Crippen LogP contribution in [0.1, 0.15) is 47.2 Å². The van der Waals surface area contributed by atoms with Crippen LogP contribution in [-0.2, 0) is 22.6 Å². The molecule has 0 unspecified atom stereocenters. The molecule has 0 radical (unpaired) electrons. The third-order valence-electron chi connectivity index (χ3n) is 5.49. The van der Waals surface area contributed by atoms with Crippen molar-refractivity contribution in [2.75, 3.05) is 20.3 Å². The lowest BCUT2D eigenvalue weighted by Gasteiger charge is -2.22. The number of carbonyl (C=O) groups excluding carboxylic acids is 1. The number of nitriles is 1. The van der Waals surface area contributed by atoms with E-state index in [0.717, 1.165) is 15.9 Å². The van der Waals surface area contributed by atoms with Gasteiger partial charge in [-0.15, -0.1) is 11.3 Å². The Hall–Kier alpha value is -3.49. The summed E-state index contributed by atoms with van der Waals surface area (Å²) in [6.07, 6.45) is -0.802. The summed E-state index contributed by atoms with van der Waals surface area (Å²) in [5.74, 6) is -0.764. The van der Waals surface area contributed by atoms with Gasteiger partial charge in [-0.3, -0.25) is 13.9 Å². The number of aromatic nitrogens is 2. The van der Waals surface area contributed by atoms with Crippen molar-refractivity contribution in [2.45, 2.75) is 46.4 Å². The monoisotopic (exact) mass is 503 g/mol.